The van der Waals surface area contributed by atoms with Gasteiger partial charge in [-0.1, -0.05) is 24.3 Å². The van der Waals surface area contributed by atoms with E-state index in [1.165, 1.54) is 16.8 Å². The average molecular weight is 325 g/mol. The van der Waals surface area contributed by atoms with Crippen LogP contribution in [0.5, 0.6) is 0 Å². The first-order valence-electron chi connectivity index (χ1n) is 9.15. The first-order chi connectivity index (χ1) is 11.7. The van der Waals surface area contributed by atoms with Crippen molar-refractivity contribution in [2.24, 2.45) is 0 Å². The Morgan fingerprint density at radius 2 is 1.96 bits per heavy atom. The summed E-state index contributed by atoms with van der Waals surface area (Å²) in [6.07, 6.45) is 5.14. The summed E-state index contributed by atoms with van der Waals surface area (Å²) < 4.78 is 8.47. The maximum atomic E-state index is 6.33. The minimum absolute atomic E-state index is 0.0519. The van der Waals surface area contributed by atoms with Crippen molar-refractivity contribution in [1.82, 2.24) is 14.7 Å². The number of benzene rings is 1. The van der Waals surface area contributed by atoms with Gasteiger partial charge in [0.1, 0.15) is 0 Å². The number of rotatable bonds is 3. The number of likely N-dealkylation sites (tertiary alicyclic amines) is 1. The molecule has 4 heteroatoms. The largest absolute Gasteiger partial charge is 0.370 e. The number of aromatic nitrogens is 2. The molecule has 4 rings (SSSR count). The van der Waals surface area contributed by atoms with Crippen molar-refractivity contribution in [2.45, 2.75) is 51.3 Å². The van der Waals surface area contributed by atoms with Crippen molar-refractivity contribution in [3.05, 3.63) is 53.3 Å². The van der Waals surface area contributed by atoms with Crippen LogP contribution in [-0.2, 0) is 23.3 Å². The van der Waals surface area contributed by atoms with Gasteiger partial charge in [-0.15, -0.1) is 0 Å². The Morgan fingerprint density at radius 1 is 1.17 bits per heavy atom. The van der Waals surface area contributed by atoms with E-state index in [-0.39, 0.29) is 5.60 Å². The van der Waals surface area contributed by atoms with Crippen LogP contribution >= 0.6 is 0 Å². The van der Waals surface area contributed by atoms with Crippen molar-refractivity contribution in [3.63, 3.8) is 0 Å². The summed E-state index contributed by atoms with van der Waals surface area (Å²) in [5, 5.41) is 4.46. The van der Waals surface area contributed by atoms with E-state index in [2.05, 4.69) is 58.9 Å². The highest BCUT2D eigenvalue weighted by atomic mass is 16.5. The van der Waals surface area contributed by atoms with Gasteiger partial charge in [-0.2, -0.15) is 5.10 Å². The van der Waals surface area contributed by atoms with Crippen molar-refractivity contribution < 1.29 is 4.74 Å². The third kappa shape index (κ3) is 2.78. The van der Waals surface area contributed by atoms with E-state index in [0.717, 1.165) is 45.5 Å². The van der Waals surface area contributed by atoms with Crippen molar-refractivity contribution in [3.8, 4) is 0 Å². The predicted molar refractivity (Wildman–Crippen MR) is 94.9 cm³/mol. The molecule has 0 unspecified atom stereocenters. The van der Waals surface area contributed by atoms with Crippen molar-refractivity contribution in [2.75, 3.05) is 19.7 Å². The standard InChI is InChI=1S/C20H27N3O/c1-16(2)23-18(7-11-21-23)15-22-12-9-20(10-13-22)19-6-4-3-5-17(19)8-14-24-20/h3-7,11,16H,8-10,12-15H2,1-2H3. The van der Waals surface area contributed by atoms with Gasteiger partial charge >= 0.3 is 0 Å². The molecule has 1 spiro atoms. The summed E-state index contributed by atoms with van der Waals surface area (Å²) in [5.74, 6) is 0. The first-order valence-corrected chi connectivity index (χ1v) is 9.15. The summed E-state index contributed by atoms with van der Waals surface area (Å²) in [6.45, 7) is 8.38. The second kappa shape index (κ2) is 6.34. The third-order valence-electron chi connectivity index (χ3n) is 5.55. The van der Waals surface area contributed by atoms with Crippen LogP contribution in [0.2, 0.25) is 0 Å². The van der Waals surface area contributed by atoms with E-state index in [0.29, 0.717) is 6.04 Å². The zero-order chi connectivity index (χ0) is 16.6. The molecule has 3 heterocycles. The SMILES string of the molecule is CC(C)n1nccc1CN1CCC2(CC1)OCCc1ccccc12. The van der Waals surface area contributed by atoms with E-state index in [9.17, 15) is 0 Å². The number of piperidine rings is 1. The number of fused-ring (bicyclic) bond motifs is 2. The zero-order valence-electron chi connectivity index (χ0n) is 14.7. The highest BCUT2D eigenvalue weighted by molar-refractivity contribution is 5.35. The van der Waals surface area contributed by atoms with Gasteiger partial charge in [0.05, 0.1) is 17.9 Å². The van der Waals surface area contributed by atoms with Crippen LogP contribution in [-0.4, -0.2) is 34.4 Å². The van der Waals surface area contributed by atoms with Crippen LogP contribution in [0.15, 0.2) is 36.5 Å². The van der Waals surface area contributed by atoms with Crippen LogP contribution in [0.25, 0.3) is 0 Å². The number of ether oxygens (including phenoxy) is 1. The first kappa shape index (κ1) is 15.9. The highest BCUT2D eigenvalue weighted by Crippen LogP contribution is 2.41. The lowest BCUT2D eigenvalue weighted by atomic mass is 9.79. The molecule has 0 aliphatic carbocycles. The Hall–Kier alpha value is -1.65. The molecule has 1 fully saturated rings. The molecule has 0 bridgehead atoms. The minimum atomic E-state index is -0.0519. The van der Waals surface area contributed by atoms with Crippen molar-refractivity contribution >= 4 is 0 Å². The van der Waals surface area contributed by atoms with E-state index in [4.69, 9.17) is 4.74 Å². The van der Waals surface area contributed by atoms with Gasteiger partial charge in [-0.3, -0.25) is 9.58 Å². The number of nitrogens with zero attached hydrogens (tertiary/aromatic N) is 3. The summed E-state index contributed by atoms with van der Waals surface area (Å²) in [6, 6.07) is 11.4. The maximum absolute atomic E-state index is 6.33. The van der Waals surface area contributed by atoms with Crippen LogP contribution < -0.4 is 0 Å². The van der Waals surface area contributed by atoms with E-state index >= 15 is 0 Å². The third-order valence-corrected chi connectivity index (χ3v) is 5.55. The molecule has 0 atom stereocenters. The summed E-state index contributed by atoms with van der Waals surface area (Å²) in [7, 11) is 0. The molecule has 0 N–H and O–H groups in total. The molecule has 2 aromatic rings. The topological polar surface area (TPSA) is 30.3 Å². The highest BCUT2D eigenvalue weighted by Gasteiger charge is 2.40. The fourth-order valence-electron chi connectivity index (χ4n) is 4.26. The fourth-order valence-corrected chi connectivity index (χ4v) is 4.26. The Labute approximate surface area is 144 Å². The molecule has 4 nitrogen and oxygen atoms in total. The Bertz CT molecular complexity index is 698. The van der Waals surface area contributed by atoms with Crippen LogP contribution in [0.4, 0.5) is 0 Å². The van der Waals surface area contributed by atoms with Crippen LogP contribution in [0, 0.1) is 0 Å². The molecule has 1 saturated heterocycles. The Morgan fingerprint density at radius 3 is 2.75 bits per heavy atom. The average Bonchev–Trinajstić information content (AvgIpc) is 3.06. The Balaban J connectivity index is 1.47. The normalized spacial score (nSPS) is 20.5. The van der Waals surface area contributed by atoms with Gasteiger partial charge in [0, 0.05) is 31.9 Å². The summed E-state index contributed by atoms with van der Waals surface area (Å²) in [4.78, 5) is 2.54. The lowest BCUT2D eigenvalue weighted by molar-refractivity contribution is -0.0991. The van der Waals surface area contributed by atoms with Crippen LogP contribution in [0.3, 0.4) is 0 Å². The maximum Gasteiger partial charge on any atom is 0.0958 e. The van der Waals surface area contributed by atoms with Crippen molar-refractivity contribution in [1.29, 1.82) is 0 Å². The van der Waals surface area contributed by atoms with E-state index in [1.807, 2.05) is 6.20 Å². The molecule has 1 aromatic carbocycles. The molecule has 24 heavy (non-hydrogen) atoms. The molecule has 2 aliphatic rings. The number of hydrogen-bond donors (Lipinski definition) is 0. The summed E-state index contributed by atoms with van der Waals surface area (Å²) in [5.41, 5.74) is 4.17. The minimum Gasteiger partial charge on any atom is -0.370 e. The van der Waals surface area contributed by atoms with Gasteiger partial charge in [0.15, 0.2) is 0 Å². The van der Waals surface area contributed by atoms with Gasteiger partial charge in [0.2, 0.25) is 0 Å². The molecule has 0 amide bonds. The molecule has 1 aromatic heterocycles. The van der Waals surface area contributed by atoms with E-state index < -0.39 is 0 Å². The van der Waals surface area contributed by atoms with Gasteiger partial charge in [-0.25, -0.2) is 0 Å². The zero-order valence-corrected chi connectivity index (χ0v) is 14.7. The molecule has 0 saturated carbocycles. The molecule has 2 aliphatic heterocycles. The van der Waals surface area contributed by atoms with Gasteiger partial charge < -0.3 is 4.74 Å². The van der Waals surface area contributed by atoms with Gasteiger partial charge in [-0.05, 0) is 50.3 Å². The lowest BCUT2D eigenvalue weighted by Crippen LogP contribution is -2.46. The number of hydrogen-bond acceptors (Lipinski definition) is 3. The molecular formula is C20H27N3O. The Kier molecular flexibility index (Phi) is 4.19. The van der Waals surface area contributed by atoms with Crippen LogP contribution in [0.1, 0.15) is 49.6 Å². The smallest absolute Gasteiger partial charge is 0.0958 e. The second-order valence-corrected chi connectivity index (χ2v) is 7.39. The molecule has 0 radical (unpaired) electrons. The summed E-state index contributed by atoms with van der Waals surface area (Å²) >= 11 is 0. The lowest BCUT2D eigenvalue weighted by Gasteiger charge is -2.45. The molecular weight excluding hydrogens is 298 g/mol. The van der Waals surface area contributed by atoms with E-state index in [1.54, 1.807) is 0 Å². The fraction of sp³-hybridized carbons (Fsp3) is 0.550. The second-order valence-electron chi connectivity index (χ2n) is 7.39. The quantitative estimate of drug-likeness (QED) is 0.865. The monoisotopic (exact) mass is 325 g/mol. The molecule has 128 valence electrons. The predicted octanol–water partition coefficient (Wildman–Crippen LogP) is 3.53. The van der Waals surface area contributed by atoms with Gasteiger partial charge in [0.25, 0.3) is 0 Å².